The van der Waals surface area contributed by atoms with Crippen molar-refractivity contribution < 1.29 is 9.18 Å². The van der Waals surface area contributed by atoms with Gasteiger partial charge in [0.05, 0.1) is 6.33 Å². The van der Waals surface area contributed by atoms with Crippen molar-refractivity contribution in [1.82, 2.24) is 14.9 Å². The van der Waals surface area contributed by atoms with Crippen LogP contribution in [0.4, 0.5) is 4.39 Å². The van der Waals surface area contributed by atoms with Crippen LogP contribution in [0.2, 0.25) is 0 Å². The maximum Gasteiger partial charge on any atom is 0.244 e. The number of rotatable bonds is 6. The van der Waals surface area contributed by atoms with Crippen LogP contribution in [-0.4, -0.2) is 22.0 Å². The summed E-state index contributed by atoms with van der Waals surface area (Å²) in [6.45, 7) is 1.37. The predicted molar refractivity (Wildman–Crippen MR) is 75.3 cm³/mol. The van der Waals surface area contributed by atoms with Gasteiger partial charge in [-0.2, -0.15) is 0 Å². The molecule has 5 heteroatoms. The van der Waals surface area contributed by atoms with Gasteiger partial charge in [-0.1, -0.05) is 18.2 Å². The fourth-order valence-electron chi connectivity index (χ4n) is 1.73. The zero-order valence-corrected chi connectivity index (χ0v) is 11.0. The van der Waals surface area contributed by atoms with Crippen LogP contribution >= 0.6 is 0 Å². The number of benzene rings is 1. The summed E-state index contributed by atoms with van der Waals surface area (Å²) in [7, 11) is 0. The lowest BCUT2D eigenvalue weighted by molar-refractivity contribution is -0.116. The molecule has 0 saturated carbocycles. The van der Waals surface area contributed by atoms with Gasteiger partial charge in [0.2, 0.25) is 5.91 Å². The first-order chi connectivity index (χ1) is 9.75. The Morgan fingerprint density at radius 1 is 1.40 bits per heavy atom. The Bertz CT molecular complexity index is 579. The first kappa shape index (κ1) is 14.0. The van der Waals surface area contributed by atoms with Gasteiger partial charge in [0.15, 0.2) is 0 Å². The minimum Gasteiger partial charge on any atom is -0.352 e. The van der Waals surface area contributed by atoms with Crippen molar-refractivity contribution in [3.8, 4) is 0 Å². The molecule has 0 bridgehead atoms. The number of carbonyl (C=O) groups is 1. The minimum absolute atomic E-state index is 0.223. The Morgan fingerprint density at radius 2 is 2.25 bits per heavy atom. The molecule has 20 heavy (non-hydrogen) atoms. The Morgan fingerprint density at radius 3 is 3.00 bits per heavy atom. The van der Waals surface area contributed by atoms with Crippen LogP contribution in [0.25, 0.3) is 6.08 Å². The van der Waals surface area contributed by atoms with Crippen LogP contribution in [-0.2, 0) is 11.3 Å². The largest absolute Gasteiger partial charge is 0.352 e. The molecule has 1 heterocycles. The molecule has 0 aliphatic carbocycles. The number of hydrogen-bond acceptors (Lipinski definition) is 2. The van der Waals surface area contributed by atoms with Crippen LogP contribution in [0.1, 0.15) is 12.0 Å². The molecule has 0 radical (unpaired) electrons. The van der Waals surface area contributed by atoms with Gasteiger partial charge in [0.25, 0.3) is 0 Å². The zero-order valence-electron chi connectivity index (χ0n) is 11.0. The second-order valence-corrected chi connectivity index (χ2v) is 4.30. The summed E-state index contributed by atoms with van der Waals surface area (Å²) < 4.78 is 15.3. The molecule has 4 nitrogen and oxygen atoms in total. The van der Waals surface area contributed by atoms with Crippen molar-refractivity contribution >= 4 is 12.0 Å². The molecule has 1 aromatic heterocycles. The van der Waals surface area contributed by atoms with Gasteiger partial charge in [-0.05, 0) is 18.6 Å². The summed E-state index contributed by atoms with van der Waals surface area (Å²) in [6, 6.07) is 6.33. The molecule has 0 fully saturated rings. The molecular weight excluding hydrogens is 257 g/mol. The van der Waals surface area contributed by atoms with E-state index in [4.69, 9.17) is 0 Å². The number of halogens is 1. The number of carbonyl (C=O) groups excluding carboxylic acids is 1. The first-order valence-corrected chi connectivity index (χ1v) is 6.42. The molecule has 2 rings (SSSR count). The van der Waals surface area contributed by atoms with Gasteiger partial charge in [0, 0.05) is 37.1 Å². The van der Waals surface area contributed by atoms with E-state index in [1.54, 1.807) is 30.7 Å². The van der Waals surface area contributed by atoms with Crippen LogP contribution in [0.3, 0.4) is 0 Å². The van der Waals surface area contributed by atoms with Gasteiger partial charge in [0.1, 0.15) is 5.82 Å². The third kappa shape index (κ3) is 4.35. The Labute approximate surface area is 117 Å². The fraction of sp³-hybridized carbons (Fsp3) is 0.200. The van der Waals surface area contributed by atoms with Crippen LogP contribution in [0.5, 0.6) is 0 Å². The highest BCUT2D eigenvalue weighted by atomic mass is 19.1. The maximum atomic E-state index is 13.3. The molecule has 1 N–H and O–H groups in total. The number of aromatic nitrogens is 2. The highest BCUT2D eigenvalue weighted by molar-refractivity contribution is 5.91. The molecule has 0 atom stereocenters. The molecule has 0 aliphatic heterocycles. The number of aryl methyl sites for hydroxylation is 1. The van der Waals surface area contributed by atoms with Crippen molar-refractivity contribution in [2.75, 3.05) is 6.54 Å². The van der Waals surface area contributed by atoms with Crippen molar-refractivity contribution in [2.45, 2.75) is 13.0 Å². The van der Waals surface area contributed by atoms with Crippen molar-refractivity contribution in [3.05, 3.63) is 60.4 Å². The zero-order chi connectivity index (χ0) is 14.2. The van der Waals surface area contributed by atoms with E-state index in [0.29, 0.717) is 12.1 Å². The molecule has 1 amide bonds. The number of nitrogens with one attached hydrogen (secondary N) is 1. The number of hydrogen-bond donors (Lipinski definition) is 1. The molecule has 1 aromatic carbocycles. The molecule has 0 aliphatic rings. The van der Waals surface area contributed by atoms with Crippen molar-refractivity contribution in [2.24, 2.45) is 0 Å². The third-order valence-corrected chi connectivity index (χ3v) is 2.77. The fourth-order valence-corrected chi connectivity index (χ4v) is 1.73. The van der Waals surface area contributed by atoms with E-state index in [-0.39, 0.29) is 11.7 Å². The van der Waals surface area contributed by atoms with Crippen LogP contribution in [0.15, 0.2) is 49.1 Å². The van der Waals surface area contributed by atoms with E-state index in [1.807, 2.05) is 10.8 Å². The molecule has 0 unspecified atom stereocenters. The summed E-state index contributed by atoms with van der Waals surface area (Å²) in [5.41, 5.74) is 0.404. The number of nitrogens with zero attached hydrogens (tertiary/aromatic N) is 2. The normalized spacial score (nSPS) is 10.8. The minimum atomic E-state index is -0.336. The molecule has 0 saturated heterocycles. The second kappa shape index (κ2) is 7.23. The van der Waals surface area contributed by atoms with Gasteiger partial charge < -0.3 is 9.88 Å². The number of amides is 1. The van der Waals surface area contributed by atoms with Gasteiger partial charge in [-0.15, -0.1) is 0 Å². The Hall–Kier alpha value is -2.43. The number of imidazole rings is 1. The topological polar surface area (TPSA) is 46.9 Å². The standard InChI is InChI=1S/C15H16FN3O/c16-14-5-2-1-4-13(14)6-7-15(20)18-8-3-10-19-11-9-17-12-19/h1-2,4-7,9,11-12H,3,8,10H2,(H,18,20)/b7-6+. The van der Waals surface area contributed by atoms with E-state index in [0.717, 1.165) is 13.0 Å². The summed E-state index contributed by atoms with van der Waals surface area (Å²) in [4.78, 5) is 15.5. The van der Waals surface area contributed by atoms with Crippen LogP contribution in [0, 0.1) is 5.82 Å². The lowest BCUT2D eigenvalue weighted by Gasteiger charge is -2.03. The van der Waals surface area contributed by atoms with E-state index in [2.05, 4.69) is 10.3 Å². The van der Waals surface area contributed by atoms with Crippen LogP contribution < -0.4 is 5.32 Å². The van der Waals surface area contributed by atoms with Crippen molar-refractivity contribution in [3.63, 3.8) is 0 Å². The lowest BCUT2D eigenvalue weighted by atomic mass is 10.2. The highest BCUT2D eigenvalue weighted by Gasteiger charge is 1.98. The smallest absolute Gasteiger partial charge is 0.244 e. The summed E-state index contributed by atoms with van der Waals surface area (Å²) in [6.07, 6.45) is 8.96. The lowest BCUT2D eigenvalue weighted by Crippen LogP contribution is -2.23. The quantitative estimate of drug-likeness (QED) is 0.648. The average molecular weight is 273 g/mol. The summed E-state index contributed by atoms with van der Waals surface area (Å²) in [5, 5.41) is 2.75. The molecule has 2 aromatic rings. The molecule has 0 spiro atoms. The van der Waals surface area contributed by atoms with Gasteiger partial charge in [-0.3, -0.25) is 4.79 Å². The monoisotopic (exact) mass is 273 g/mol. The van der Waals surface area contributed by atoms with Gasteiger partial charge in [-0.25, -0.2) is 9.37 Å². The van der Waals surface area contributed by atoms with E-state index >= 15 is 0 Å². The second-order valence-electron chi connectivity index (χ2n) is 4.30. The maximum absolute atomic E-state index is 13.3. The first-order valence-electron chi connectivity index (χ1n) is 6.42. The highest BCUT2D eigenvalue weighted by Crippen LogP contribution is 2.07. The van der Waals surface area contributed by atoms with E-state index < -0.39 is 0 Å². The van der Waals surface area contributed by atoms with E-state index in [9.17, 15) is 9.18 Å². The van der Waals surface area contributed by atoms with E-state index in [1.165, 1.54) is 18.2 Å². The van der Waals surface area contributed by atoms with Gasteiger partial charge >= 0.3 is 0 Å². The molecular formula is C15H16FN3O. The van der Waals surface area contributed by atoms with Crippen molar-refractivity contribution in [1.29, 1.82) is 0 Å². The Balaban J connectivity index is 1.71. The SMILES string of the molecule is O=C(/C=C/c1ccccc1F)NCCCn1ccnc1. The average Bonchev–Trinajstić information content (AvgIpc) is 2.96. The predicted octanol–water partition coefficient (Wildman–Crippen LogP) is 2.24. The summed E-state index contributed by atoms with van der Waals surface area (Å²) >= 11 is 0. The Kier molecular flexibility index (Phi) is 5.06. The molecule has 104 valence electrons. The summed E-state index contributed by atoms with van der Waals surface area (Å²) in [5.74, 6) is -0.560. The third-order valence-electron chi connectivity index (χ3n) is 2.77.